The number of ether oxygens (including phenoxy) is 6. The molecule has 0 radical (unpaired) electrons. The second kappa shape index (κ2) is 11.8. The van der Waals surface area contributed by atoms with Gasteiger partial charge in [0.2, 0.25) is 17.7 Å². The molecule has 0 aliphatic carbocycles. The fourth-order valence-corrected chi connectivity index (χ4v) is 5.58. The van der Waals surface area contributed by atoms with Gasteiger partial charge in [-0.1, -0.05) is 0 Å². The molecule has 15 heteroatoms. The number of nitrogens with two attached hydrogens (primary N) is 2. The first-order valence-corrected chi connectivity index (χ1v) is 13.5. The summed E-state index contributed by atoms with van der Waals surface area (Å²) in [5.74, 6) is -4.15. The fourth-order valence-electron chi connectivity index (χ4n) is 5.58. The third kappa shape index (κ3) is 7.26. The summed E-state index contributed by atoms with van der Waals surface area (Å²) in [6.45, 7) is 7.26. The van der Waals surface area contributed by atoms with E-state index in [1.165, 1.54) is 0 Å². The third-order valence-corrected chi connectivity index (χ3v) is 7.28. The maximum absolute atomic E-state index is 12.9. The predicted molar refractivity (Wildman–Crippen MR) is 134 cm³/mol. The SMILES string of the molecule is CC1(C)O[C@@H]2[C@H](O1)[C@@H](CNC(=O)C[C@@H]1O[C@H](CNC(=O)CC[C@H](N)C(=O)O)[C@H]3OC(C)(C)O[C@H]31)O[C@H]2CC(N)=O. The zero-order valence-corrected chi connectivity index (χ0v) is 23.1. The Morgan fingerprint density at radius 3 is 1.62 bits per heavy atom. The fraction of sp³-hybridized carbons (Fsp3) is 0.840. The summed E-state index contributed by atoms with van der Waals surface area (Å²) in [4.78, 5) is 47.5. The molecule has 3 amide bonds. The molecule has 226 valence electrons. The van der Waals surface area contributed by atoms with Crippen molar-refractivity contribution in [1.82, 2.24) is 10.6 Å². The average molecular weight is 573 g/mol. The first-order chi connectivity index (χ1) is 18.6. The Balaban J connectivity index is 1.29. The molecule has 0 aromatic carbocycles. The quantitative estimate of drug-likeness (QED) is 0.176. The maximum Gasteiger partial charge on any atom is 0.320 e. The molecule has 7 N–H and O–H groups in total. The molecule has 4 aliphatic rings. The average Bonchev–Trinajstić information content (AvgIpc) is 3.52. The van der Waals surface area contributed by atoms with Crippen molar-refractivity contribution >= 4 is 23.7 Å². The van der Waals surface area contributed by atoms with Crippen molar-refractivity contribution in [2.45, 2.75) is 120 Å². The van der Waals surface area contributed by atoms with Crippen LogP contribution in [0.15, 0.2) is 0 Å². The summed E-state index contributed by atoms with van der Waals surface area (Å²) < 4.78 is 35.9. The van der Waals surface area contributed by atoms with Gasteiger partial charge in [0.15, 0.2) is 11.6 Å². The number of amides is 3. The Bertz CT molecular complexity index is 992. The molecular weight excluding hydrogens is 532 g/mol. The molecule has 4 heterocycles. The highest BCUT2D eigenvalue weighted by Crippen LogP contribution is 2.41. The summed E-state index contributed by atoms with van der Waals surface area (Å²) in [5, 5.41) is 14.4. The molecule has 0 spiro atoms. The van der Waals surface area contributed by atoms with Gasteiger partial charge in [-0.15, -0.1) is 0 Å². The number of carboxylic acids is 1. The summed E-state index contributed by atoms with van der Waals surface area (Å²) in [5.41, 5.74) is 10.8. The highest BCUT2D eigenvalue weighted by molar-refractivity contribution is 5.78. The molecule has 0 aromatic rings. The number of nitrogens with one attached hydrogen (secondary N) is 2. The van der Waals surface area contributed by atoms with Gasteiger partial charge in [-0.05, 0) is 34.1 Å². The monoisotopic (exact) mass is 572 g/mol. The lowest BCUT2D eigenvalue weighted by atomic mass is 10.0. The molecule has 4 saturated heterocycles. The molecule has 0 saturated carbocycles. The number of carboxylic acid groups (broad SMARTS) is 1. The largest absolute Gasteiger partial charge is 0.480 e. The Morgan fingerprint density at radius 1 is 0.750 bits per heavy atom. The number of hydrogen-bond acceptors (Lipinski definition) is 11. The molecule has 4 aliphatic heterocycles. The Kier molecular flexibility index (Phi) is 9.04. The second-order valence-electron chi connectivity index (χ2n) is 11.5. The molecule has 40 heavy (non-hydrogen) atoms. The highest BCUT2D eigenvalue weighted by Gasteiger charge is 2.56. The topological polar surface area (TPSA) is 220 Å². The van der Waals surface area contributed by atoms with Crippen molar-refractivity contribution in [1.29, 1.82) is 0 Å². The first-order valence-electron chi connectivity index (χ1n) is 13.5. The van der Waals surface area contributed by atoms with Gasteiger partial charge in [-0.25, -0.2) is 0 Å². The molecule has 0 bridgehead atoms. The second-order valence-corrected chi connectivity index (χ2v) is 11.5. The number of aliphatic carboxylic acids is 1. The Hall–Kier alpha value is -2.40. The van der Waals surface area contributed by atoms with Crippen LogP contribution in [0.1, 0.15) is 53.4 Å². The van der Waals surface area contributed by atoms with E-state index in [2.05, 4.69) is 10.6 Å². The predicted octanol–water partition coefficient (Wildman–Crippen LogP) is -1.75. The molecule has 0 aromatic heterocycles. The van der Waals surface area contributed by atoms with Crippen molar-refractivity contribution in [3.63, 3.8) is 0 Å². The minimum Gasteiger partial charge on any atom is -0.480 e. The maximum atomic E-state index is 12.9. The lowest BCUT2D eigenvalue weighted by molar-refractivity contribution is -0.189. The highest BCUT2D eigenvalue weighted by atomic mass is 16.8. The van der Waals surface area contributed by atoms with Crippen molar-refractivity contribution in [3.05, 3.63) is 0 Å². The van der Waals surface area contributed by atoms with Crippen molar-refractivity contribution in [3.8, 4) is 0 Å². The van der Waals surface area contributed by atoms with Gasteiger partial charge in [0.1, 0.15) is 42.7 Å². The smallest absolute Gasteiger partial charge is 0.320 e. The van der Waals surface area contributed by atoms with Crippen LogP contribution in [0.4, 0.5) is 0 Å². The molecule has 9 atom stereocenters. The van der Waals surface area contributed by atoms with Crippen LogP contribution in [0.25, 0.3) is 0 Å². The van der Waals surface area contributed by atoms with E-state index in [4.69, 9.17) is 45.0 Å². The normalized spacial score (nSPS) is 36.0. The van der Waals surface area contributed by atoms with Gasteiger partial charge in [-0.3, -0.25) is 19.2 Å². The minimum absolute atomic E-state index is 0.00155. The van der Waals surface area contributed by atoms with E-state index in [0.717, 1.165) is 0 Å². The number of primary amides is 1. The lowest BCUT2D eigenvalue weighted by Crippen LogP contribution is -2.41. The number of carbonyl (C=O) groups excluding carboxylic acids is 3. The molecule has 15 nitrogen and oxygen atoms in total. The van der Waals surface area contributed by atoms with Crippen molar-refractivity contribution < 1.29 is 52.7 Å². The van der Waals surface area contributed by atoms with E-state index >= 15 is 0 Å². The third-order valence-electron chi connectivity index (χ3n) is 7.28. The van der Waals surface area contributed by atoms with Crippen LogP contribution in [0, 0.1) is 0 Å². The molecular formula is C25H40N4O11. The lowest BCUT2D eigenvalue weighted by Gasteiger charge is -2.25. The van der Waals surface area contributed by atoms with Gasteiger partial charge in [0.25, 0.3) is 0 Å². The van der Waals surface area contributed by atoms with Crippen LogP contribution < -0.4 is 22.1 Å². The summed E-state index contributed by atoms with van der Waals surface area (Å²) in [7, 11) is 0. The Morgan fingerprint density at radius 2 is 1.18 bits per heavy atom. The van der Waals surface area contributed by atoms with Crippen LogP contribution in [0.5, 0.6) is 0 Å². The van der Waals surface area contributed by atoms with Crippen LogP contribution in [-0.2, 0) is 47.6 Å². The number of rotatable bonds is 12. The van der Waals surface area contributed by atoms with Crippen LogP contribution in [0.3, 0.4) is 0 Å². The van der Waals surface area contributed by atoms with Gasteiger partial charge in [0.05, 0.1) is 25.0 Å². The van der Waals surface area contributed by atoms with Gasteiger partial charge in [-0.2, -0.15) is 0 Å². The number of fused-ring (bicyclic) bond motifs is 2. The Labute approximate surface area is 231 Å². The number of hydrogen-bond donors (Lipinski definition) is 5. The summed E-state index contributed by atoms with van der Waals surface area (Å²) in [6.07, 6.45) is -4.47. The summed E-state index contributed by atoms with van der Waals surface area (Å²) >= 11 is 0. The van der Waals surface area contributed by atoms with E-state index < -0.39 is 78.3 Å². The van der Waals surface area contributed by atoms with Crippen LogP contribution >= 0.6 is 0 Å². The zero-order valence-electron chi connectivity index (χ0n) is 23.1. The molecule has 4 fully saturated rings. The van der Waals surface area contributed by atoms with E-state index in [9.17, 15) is 19.2 Å². The minimum atomic E-state index is -1.17. The van der Waals surface area contributed by atoms with E-state index in [0.29, 0.717) is 0 Å². The zero-order chi connectivity index (χ0) is 29.4. The summed E-state index contributed by atoms with van der Waals surface area (Å²) in [6, 6.07) is -1.12. The first kappa shape index (κ1) is 30.6. The molecule has 0 unspecified atom stereocenters. The number of carbonyl (C=O) groups is 4. The molecule has 4 rings (SSSR count). The van der Waals surface area contributed by atoms with Gasteiger partial charge >= 0.3 is 5.97 Å². The van der Waals surface area contributed by atoms with Crippen molar-refractivity contribution in [2.24, 2.45) is 11.5 Å². The van der Waals surface area contributed by atoms with Gasteiger partial charge < -0.3 is 55.6 Å². The van der Waals surface area contributed by atoms with Crippen LogP contribution in [0.2, 0.25) is 0 Å². The van der Waals surface area contributed by atoms with E-state index in [1.54, 1.807) is 27.7 Å². The van der Waals surface area contributed by atoms with Crippen LogP contribution in [-0.4, -0.2) is 108 Å². The van der Waals surface area contributed by atoms with E-state index in [-0.39, 0.29) is 50.6 Å². The standard InChI is InChI=1S/C25H40N4O11/c1-24(2)37-19-12(7-16(27)30)35-15(21(19)39-24)10-29-18(32)8-13-20-22(40-25(3,4)38-20)14(36-13)9-28-17(31)6-5-11(26)23(33)34/h11-15,19-22H,5-10,26H2,1-4H3,(H2,27,30)(H,28,31)(H,29,32)(H,33,34)/t11-,12-,13-,14+,15+,19-,20-,21+,22+/m0/s1. The van der Waals surface area contributed by atoms with Crippen molar-refractivity contribution in [2.75, 3.05) is 13.1 Å². The van der Waals surface area contributed by atoms with E-state index in [1.807, 2.05) is 0 Å². The van der Waals surface area contributed by atoms with Gasteiger partial charge in [0, 0.05) is 19.5 Å².